The topological polar surface area (TPSA) is 43.4 Å². The number of halogens is 4. The van der Waals surface area contributed by atoms with Crippen LogP contribution in [0.25, 0.3) is 0 Å². The van der Waals surface area contributed by atoms with Gasteiger partial charge in [0.15, 0.2) is 0 Å². The minimum absolute atomic E-state index is 0.00384. The molecule has 0 spiro atoms. The zero-order valence-electron chi connectivity index (χ0n) is 14.8. The summed E-state index contributed by atoms with van der Waals surface area (Å²) in [6.07, 6.45) is -0.755. The molecule has 0 bridgehead atoms. The van der Waals surface area contributed by atoms with Gasteiger partial charge in [-0.3, -0.25) is 9.59 Å². The van der Waals surface area contributed by atoms with E-state index in [0.717, 1.165) is 0 Å². The lowest BCUT2D eigenvalue weighted by atomic mass is 9.73. The molecule has 0 saturated carbocycles. The van der Waals surface area contributed by atoms with E-state index in [1.807, 2.05) is 0 Å². The summed E-state index contributed by atoms with van der Waals surface area (Å²) >= 11 is 12.2. The molecule has 0 aliphatic rings. The largest absolute Gasteiger partial charge is 0.465 e. The number of rotatable bonds is 7. The highest BCUT2D eigenvalue weighted by molar-refractivity contribution is 6.31. The van der Waals surface area contributed by atoms with Gasteiger partial charge in [0.25, 0.3) is 0 Å². The van der Waals surface area contributed by atoms with E-state index >= 15 is 0 Å². The van der Waals surface area contributed by atoms with Crippen LogP contribution in [0.5, 0.6) is 0 Å². The van der Waals surface area contributed by atoms with Crippen LogP contribution >= 0.6 is 23.2 Å². The standard InChI is InChI=1S/C20H18Cl2F2O3/c1-3-27-19(26)20(12(2)25,10-13-15(21)6-4-8-17(13)23)11-14-16(22)7-5-9-18(14)24/h4-9H,3,10-11H2,1-2H3. The third-order valence-corrected chi connectivity index (χ3v) is 5.13. The Morgan fingerprint density at radius 2 is 1.41 bits per heavy atom. The maximum absolute atomic E-state index is 14.3. The van der Waals surface area contributed by atoms with E-state index < -0.39 is 28.8 Å². The zero-order chi connectivity index (χ0) is 20.2. The molecule has 7 heteroatoms. The number of carbonyl (C=O) groups is 2. The fraction of sp³-hybridized carbons (Fsp3) is 0.300. The average molecular weight is 415 g/mol. The van der Waals surface area contributed by atoms with Crippen molar-refractivity contribution in [3.63, 3.8) is 0 Å². The maximum Gasteiger partial charge on any atom is 0.320 e. The molecule has 0 fully saturated rings. The highest BCUT2D eigenvalue weighted by Crippen LogP contribution is 2.37. The van der Waals surface area contributed by atoms with Gasteiger partial charge in [0.05, 0.1) is 6.61 Å². The van der Waals surface area contributed by atoms with Crippen LogP contribution < -0.4 is 0 Å². The third-order valence-electron chi connectivity index (χ3n) is 4.42. The van der Waals surface area contributed by atoms with Crippen LogP contribution in [0.4, 0.5) is 8.78 Å². The molecule has 0 atom stereocenters. The number of hydrogen-bond donors (Lipinski definition) is 0. The Bertz CT molecular complexity index is 774. The number of ketones is 1. The molecule has 0 aliphatic carbocycles. The predicted octanol–water partition coefficient (Wildman–Crippen LogP) is 5.20. The number of carbonyl (C=O) groups excluding carboxylic acids is 2. The second kappa shape index (κ2) is 8.81. The smallest absolute Gasteiger partial charge is 0.320 e. The van der Waals surface area contributed by atoms with E-state index in [1.54, 1.807) is 6.92 Å². The number of esters is 1. The summed E-state index contributed by atoms with van der Waals surface area (Å²) in [5.74, 6) is -2.81. The second-order valence-corrected chi connectivity index (χ2v) is 6.93. The molecular weight excluding hydrogens is 397 g/mol. The molecule has 0 aliphatic heterocycles. The van der Waals surface area contributed by atoms with Crippen molar-refractivity contribution in [2.75, 3.05) is 6.61 Å². The molecule has 2 aromatic rings. The van der Waals surface area contributed by atoms with Gasteiger partial charge in [-0.25, -0.2) is 8.78 Å². The van der Waals surface area contributed by atoms with Gasteiger partial charge in [0, 0.05) is 34.0 Å². The van der Waals surface area contributed by atoms with Crippen molar-refractivity contribution in [1.82, 2.24) is 0 Å². The highest BCUT2D eigenvalue weighted by Gasteiger charge is 2.46. The van der Waals surface area contributed by atoms with Crippen LogP contribution in [0.3, 0.4) is 0 Å². The Labute approximate surface area is 166 Å². The van der Waals surface area contributed by atoms with Gasteiger partial charge in [0.2, 0.25) is 0 Å². The van der Waals surface area contributed by atoms with Crippen LogP contribution in [-0.4, -0.2) is 18.4 Å². The quantitative estimate of drug-likeness (QED) is 0.462. The van der Waals surface area contributed by atoms with E-state index in [0.29, 0.717) is 0 Å². The molecule has 0 aromatic heterocycles. The summed E-state index contributed by atoms with van der Waals surface area (Å²) in [7, 11) is 0. The molecule has 2 rings (SSSR count). The minimum atomic E-state index is -1.87. The van der Waals surface area contributed by atoms with E-state index in [1.165, 1.54) is 43.3 Å². The fourth-order valence-corrected chi connectivity index (χ4v) is 3.33. The second-order valence-electron chi connectivity index (χ2n) is 6.11. The minimum Gasteiger partial charge on any atom is -0.465 e. The molecule has 0 unspecified atom stereocenters. The van der Waals surface area contributed by atoms with Gasteiger partial charge >= 0.3 is 5.97 Å². The molecule has 0 amide bonds. The number of ether oxygens (including phenoxy) is 1. The van der Waals surface area contributed by atoms with E-state index in [-0.39, 0.29) is 40.6 Å². The SMILES string of the molecule is CCOC(=O)C(Cc1c(F)cccc1Cl)(Cc1c(F)cccc1Cl)C(C)=O. The van der Waals surface area contributed by atoms with Gasteiger partial charge in [-0.2, -0.15) is 0 Å². The van der Waals surface area contributed by atoms with Crippen LogP contribution in [0, 0.1) is 17.0 Å². The van der Waals surface area contributed by atoms with Crippen LogP contribution in [0.1, 0.15) is 25.0 Å². The van der Waals surface area contributed by atoms with Crippen LogP contribution in [0.2, 0.25) is 10.0 Å². The lowest BCUT2D eigenvalue weighted by Crippen LogP contribution is -2.44. The fourth-order valence-electron chi connectivity index (χ4n) is 2.87. The summed E-state index contributed by atoms with van der Waals surface area (Å²) in [5.41, 5.74) is -1.90. The van der Waals surface area contributed by atoms with Crippen molar-refractivity contribution in [2.24, 2.45) is 5.41 Å². The normalized spacial score (nSPS) is 11.3. The molecule has 0 heterocycles. The highest BCUT2D eigenvalue weighted by atomic mass is 35.5. The monoisotopic (exact) mass is 414 g/mol. The number of benzene rings is 2. The third kappa shape index (κ3) is 4.47. The van der Waals surface area contributed by atoms with E-state index in [9.17, 15) is 18.4 Å². The van der Waals surface area contributed by atoms with Gasteiger partial charge < -0.3 is 4.74 Å². The molecule has 144 valence electrons. The van der Waals surface area contributed by atoms with Gasteiger partial charge in [0.1, 0.15) is 22.8 Å². The molecular formula is C20H18Cl2F2O3. The molecule has 0 saturated heterocycles. The summed E-state index contributed by atoms with van der Waals surface area (Å²) in [5, 5.41) is 0.120. The number of hydrogen-bond acceptors (Lipinski definition) is 3. The van der Waals surface area contributed by atoms with Crippen molar-refractivity contribution >= 4 is 35.0 Å². The van der Waals surface area contributed by atoms with Crippen molar-refractivity contribution < 1.29 is 23.1 Å². The van der Waals surface area contributed by atoms with Gasteiger partial charge in [-0.05, 0) is 38.1 Å². The first-order valence-corrected chi connectivity index (χ1v) is 9.02. The molecule has 0 N–H and O–H groups in total. The van der Waals surface area contributed by atoms with E-state index in [2.05, 4.69) is 0 Å². The number of Topliss-reactive ketones (excluding diaryl/α,β-unsaturated/α-hetero) is 1. The summed E-state index contributed by atoms with van der Waals surface area (Å²) in [4.78, 5) is 25.4. The van der Waals surface area contributed by atoms with Crippen molar-refractivity contribution in [1.29, 1.82) is 0 Å². The van der Waals surface area contributed by atoms with Crippen molar-refractivity contribution in [3.05, 3.63) is 69.2 Å². The lowest BCUT2D eigenvalue weighted by Gasteiger charge is -2.30. The first kappa shape index (κ1) is 21.3. The van der Waals surface area contributed by atoms with Crippen molar-refractivity contribution in [3.8, 4) is 0 Å². The Hall–Kier alpha value is -1.98. The molecule has 0 radical (unpaired) electrons. The zero-order valence-corrected chi connectivity index (χ0v) is 16.3. The Morgan fingerprint density at radius 1 is 0.963 bits per heavy atom. The van der Waals surface area contributed by atoms with Gasteiger partial charge in [-0.1, -0.05) is 35.3 Å². The summed E-state index contributed by atoms with van der Waals surface area (Å²) in [6, 6.07) is 8.07. The Morgan fingerprint density at radius 3 is 1.74 bits per heavy atom. The lowest BCUT2D eigenvalue weighted by molar-refractivity contribution is -0.159. The average Bonchev–Trinajstić information content (AvgIpc) is 2.60. The van der Waals surface area contributed by atoms with Crippen molar-refractivity contribution in [2.45, 2.75) is 26.7 Å². The molecule has 2 aromatic carbocycles. The van der Waals surface area contributed by atoms with Crippen LogP contribution in [0.15, 0.2) is 36.4 Å². The first-order chi connectivity index (χ1) is 12.7. The van der Waals surface area contributed by atoms with Gasteiger partial charge in [-0.15, -0.1) is 0 Å². The molecule has 27 heavy (non-hydrogen) atoms. The van der Waals surface area contributed by atoms with Crippen LogP contribution in [-0.2, 0) is 27.2 Å². The molecule has 3 nitrogen and oxygen atoms in total. The Kier molecular flexibility index (Phi) is 6.95. The Balaban J connectivity index is 2.63. The van der Waals surface area contributed by atoms with E-state index in [4.69, 9.17) is 27.9 Å². The first-order valence-electron chi connectivity index (χ1n) is 8.27. The maximum atomic E-state index is 14.3. The summed E-state index contributed by atoms with van der Waals surface area (Å²) < 4.78 is 33.8. The predicted molar refractivity (Wildman–Crippen MR) is 100.0 cm³/mol. The summed E-state index contributed by atoms with van der Waals surface area (Å²) in [6.45, 7) is 2.76.